The SMILES string of the molecule is CCCCc1cc(NC(=O)Nc2ccc(Oc3ccnc(NC(=O)NCC)c3)c(Cl)c2Cl)n(-c2ccc(OC)cc2)n1. The summed E-state index contributed by atoms with van der Waals surface area (Å²) in [5.41, 5.74) is 1.89. The van der Waals surface area contributed by atoms with Gasteiger partial charge in [0.05, 0.1) is 29.2 Å². The molecule has 2 heterocycles. The molecule has 42 heavy (non-hydrogen) atoms. The van der Waals surface area contributed by atoms with Crippen LogP contribution in [0.5, 0.6) is 17.2 Å². The summed E-state index contributed by atoms with van der Waals surface area (Å²) >= 11 is 13.0. The van der Waals surface area contributed by atoms with Gasteiger partial charge < -0.3 is 20.1 Å². The largest absolute Gasteiger partial charge is 0.497 e. The van der Waals surface area contributed by atoms with Gasteiger partial charge in [-0.3, -0.25) is 10.6 Å². The van der Waals surface area contributed by atoms with Crippen molar-refractivity contribution in [2.24, 2.45) is 0 Å². The van der Waals surface area contributed by atoms with E-state index in [0.717, 1.165) is 30.6 Å². The second kappa shape index (κ2) is 14.4. The number of benzene rings is 2. The Morgan fingerprint density at radius 3 is 2.40 bits per heavy atom. The molecule has 220 valence electrons. The molecule has 0 saturated heterocycles. The highest BCUT2D eigenvalue weighted by molar-refractivity contribution is 6.45. The molecular formula is C29H31Cl2N7O4. The molecule has 0 unspecified atom stereocenters. The Bertz CT molecular complexity index is 1540. The Morgan fingerprint density at radius 2 is 1.69 bits per heavy atom. The number of carbonyl (C=O) groups excluding carboxylic acids is 2. The number of halogens is 2. The van der Waals surface area contributed by atoms with Gasteiger partial charge in [-0.15, -0.1) is 0 Å². The van der Waals surface area contributed by atoms with Gasteiger partial charge in [0.25, 0.3) is 0 Å². The van der Waals surface area contributed by atoms with Gasteiger partial charge in [-0.1, -0.05) is 36.5 Å². The van der Waals surface area contributed by atoms with E-state index in [1.165, 1.54) is 6.20 Å². The van der Waals surface area contributed by atoms with Crippen molar-refractivity contribution in [3.05, 3.63) is 76.5 Å². The Morgan fingerprint density at radius 1 is 0.905 bits per heavy atom. The van der Waals surface area contributed by atoms with Crippen LogP contribution in [0.25, 0.3) is 5.69 Å². The average molecular weight is 613 g/mol. The van der Waals surface area contributed by atoms with E-state index in [2.05, 4.69) is 38.3 Å². The van der Waals surface area contributed by atoms with Crippen LogP contribution >= 0.6 is 23.2 Å². The summed E-state index contributed by atoms with van der Waals surface area (Å²) < 4.78 is 12.8. The summed E-state index contributed by atoms with van der Waals surface area (Å²) in [6.07, 6.45) is 4.25. The number of aromatic nitrogens is 3. The van der Waals surface area contributed by atoms with Crippen molar-refractivity contribution in [2.75, 3.05) is 29.6 Å². The summed E-state index contributed by atoms with van der Waals surface area (Å²) in [6.45, 7) is 4.39. The number of aryl methyl sites for hydroxylation is 1. The summed E-state index contributed by atoms with van der Waals surface area (Å²) in [7, 11) is 1.60. The van der Waals surface area contributed by atoms with Crippen molar-refractivity contribution < 1.29 is 19.1 Å². The minimum atomic E-state index is -0.534. The van der Waals surface area contributed by atoms with E-state index in [-0.39, 0.29) is 27.5 Å². The van der Waals surface area contributed by atoms with E-state index >= 15 is 0 Å². The van der Waals surface area contributed by atoms with Gasteiger partial charge in [-0.2, -0.15) is 5.10 Å². The number of anilines is 3. The van der Waals surface area contributed by atoms with Gasteiger partial charge in [0.15, 0.2) is 0 Å². The monoisotopic (exact) mass is 611 g/mol. The average Bonchev–Trinajstić information content (AvgIpc) is 3.38. The van der Waals surface area contributed by atoms with Gasteiger partial charge >= 0.3 is 12.1 Å². The summed E-state index contributed by atoms with van der Waals surface area (Å²) in [5, 5.41) is 15.7. The molecule has 0 spiro atoms. The molecule has 0 saturated carbocycles. The van der Waals surface area contributed by atoms with Gasteiger partial charge in [0, 0.05) is 24.9 Å². The zero-order valence-electron chi connectivity index (χ0n) is 23.3. The third-order valence-electron chi connectivity index (χ3n) is 5.94. The molecular weight excluding hydrogens is 581 g/mol. The molecule has 4 rings (SSSR count). The molecule has 0 aliphatic rings. The summed E-state index contributed by atoms with van der Waals surface area (Å²) in [4.78, 5) is 28.9. The van der Waals surface area contributed by atoms with E-state index in [0.29, 0.717) is 29.7 Å². The topological polar surface area (TPSA) is 131 Å². The van der Waals surface area contributed by atoms with E-state index < -0.39 is 6.03 Å². The van der Waals surface area contributed by atoms with Crippen LogP contribution in [0.1, 0.15) is 32.4 Å². The van der Waals surface area contributed by atoms with Crippen molar-refractivity contribution in [3.8, 4) is 22.9 Å². The number of nitrogens with one attached hydrogen (secondary N) is 4. The first-order chi connectivity index (χ1) is 20.3. The summed E-state index contributed by atoms with van der Waals surface area (Å²) in [5.74, 6) is 2.12. The fourth-order valence-electron chi connectivity index (χ4n) is 3.89. The van der Waals surface area contributed by atoms with Crippen LogP contribution in [0.3, 0.4) is 0 Å². The van der Waals surface area contributed by atoms with Crippen LogP contribution in [0.15, 0.2) is 60.8 Å². The number of hydrogen-bond donors (Lipinski definition) is 4. The Labute approximate surface area is 253 Å². The molecule has 0 radical (unpaired) electrons. The molecule has 0 bridgehead atoms. The van der Waals surface area contributed by atoms with Crippen molar-refractivity contribution in [2.45, 2.75) is 33.1 Å². The molecule has 13 heteroatoms. The van der Waals surface area contributed by atoms with Crippen LogP contribution in [0, 0.1) is 0 Å². The number of methoxy groups -OCH3 is 1. The van der Waals surface area contributed by atoms with E-state index in [4.69, 9.17) is 32.7 Å². The molecule has 2 aromatic carbocycles. The molecule has 4 amide bonds. The highest BCUT2D eigenvalue weighted by Crippen LogP contribution is 2.39. The Kier molecular flexibility index (Phi) is 10.5. The lowest BCUT2D eigenvalue weighted by Crippen LogP contribution is -2.28. The maximum Gasteiger partial charge on any atom is 0.324 e. The third kappa shape index (κ3) is 7.83. The van der Waals surface area contributed by atoms with Crippen molar-refractivity contribution >= 4 is 52.6 Å². The predicted octanol–water partition coefficient (Wildman–Crippen LogP) is 7.50. The molecule has 0 aliphatic heterocycles. The minimum absolute atomic E-state index is 0.0892. The van der Waals surface area contributed by atoms with E-state index in [9.17, 15) is 9.59 Å². The highest BCUT2D eigenvalue weighted by atomic mass is 35.5. The molecule has 0 aliphatic carbocycles. The van der Waals surface area contributed by atoms with Gasteiger partial charge in [0.1, 0.15) is 33.9 Å². The Balaban J connectivity index is 1.48. The van der Waals surface area contributed by atoms with Crippen molar-refractivity contribution in [3.63, 3.8) is 0 Å². The van der Waals surface area contributed by atoms with Crippen molar-refractivity contribution in [1.82, 2.24) is 20.1 Å². The lowest BCUT2D eigenvalue weighted by atomic mass is 10.2. The van der Waals surface area contributed by atoms with Gasteiger partial charge in [0.2, 0.25) is 0 Å². The second-order valence-electron chi connectivity index (χ2n) is 9.02. The summed E-state index contributed by atoms with van der Waals surface area (Å²) in [6, 6.07) is 14.6. The fourth-order valence-corrected chi connectivity index (χ4v) is 4.29. The number of hydrogen-bond acceptors (Lipinski definition) is 6. The lowest BCUT2D eigenvalue weighted by Gasteiger charge is -2.14. The second-order valence-corrected chi connectivity index (χ2v) is 9.77. The molecule has 2 aromatic heterocycles. The normalized spacial score (nSPS) is 10.6. The van der Waals surface area contributed by atoms with Crippen molar-refractivity contribution in [1.29, 1.82) is 0 Å². The number of rotatable bonds is 11. The molecule has 4 aromatic rings. The fraction of sp³-hybridized carbons (Fsp3) is 0.241. The number of carbonyl (C=O) groups is 2. The minimum Gasteiger partial charge on any atom is -0.497 e. The first kappa shape index (κ1) is 30.5. The number of pyridine rings is 1. The van der Waals surface area contributed by atoms with Crippen LogP contribution < -0.4 is 30.7 Å². The molecule has 0 atom stereocenters. The predicted molar refractivity (Wildman–Crippen MR) is 165 cm³/mol. The van der Waals surface area contributed by atoms with E-state index in [1.807, 2.05) is 37.3 Å². The maximum atomic E-state index is 13.0. The van der Waals surface area contributed by atoms with Gasteiger partial charge in [-0.25, -0.2) is 19.3 Å². The maximum absolute atomic E-state index is 13.0. The quantitative estimate of drug-likeness (QED) is 0.139. The number of unbranched alkanes of at least 4 members (excludes halogenated alkanes) is 1. The Hall–Kier alpha value is -4.48. The highest BCUT2D eigenvalue weighted by Gasteiger charge is 2.17. The zero-order valence-corrected chi connectivity index (χ0v) is 24.8. The van der Waals surface area contributed by atoms with E-state index in [1.54, 1.807) is 36.1 Å². The van der Waals surface area contributed by atoms with Crippen LogP contribution in [0.4, 0.5) is 26.9 Å². The number of ether oxygens (including phenoxy) is 2. The molecule has 11 nitrogen and oxygen atoms in total. The van der Waals surface area contributed by atoms with Gasteiger partial charge in [-0.05, 0) is 62.2 Å². The zero-order chi connectivity index (χ0) is 30.1. The third-order valence-corrected chi connectivity index (χ3v) is 6.80. The smallest absolute Gasteiger partial charge is 0.324 e. The molecule has 4 N–H and O–H groups in total. The number of nitrogens with zero attached hydrogens (tertiary/aromatic N) is 3. The number of urea groups is 2. The van der Waals surface area contributed by atoms with Crippen LogP contribution in [-0.2, 0) is 6.42 Å². The van der Waals surface area contributed by atoms with Crippen LogP contribution in [0.2, 0.25) is 10.0 Å². The first-order valence-corrected chi connectivity index (χ1v) is 14.0. The lowest BCUT2D eigenvalue weighted by molar-refractivity contribution is 0.252. The first-order valence-electron chi connectivity index (χ1n) is 13.3. The van der Waals surface area contributed by atoms with Crippen LogP contribution in [-0.4, -0.2) is 40.5 Å². The number of amides is 4. The molecule has 0 fully saturated rings. The standard InChI is InChI=1S/C29H31Cl2N7O4/c1-4-6-7-18-16-25(38(37-18)19-8-10-20(41-3)11-9-19)36-29(40)34-22-12-13-23(27(31)26(22)30)42-21-14-15-33-24(17-21)35-28(39)32-5-2/h8-17H,4-7H2,1-3H3,(H2,34,36,40)(H2,32,33,35,39).